The molecule has 1 aromatic heterocycles. The predicted octanol–water partition coefficient (Wildman–Crippen LogP) is 2.35. The first-order chi connectivity index (χ1) is 12.2. The molecule has 25 heavy (non-hydrogen) atoms. The number of nitrogens with zero attached hydrogens (tertiary/aromatic N) is 3. The molecule has 1 saturated heterocycles. The average molecular weight is 337 g/mol. The molecule has 3 heterocycles. The lowest BCUT2D eigenvalue weighted by Gasteiger charge is -2.32. The first kappa shape index (κ1) is 16.1. The van der Waals surface area contributed by atoms with Crippen LogP contribution in [0.4, 0.5) is 11.4 Å². The number of amides is 1. The summed E-state index contributed by atoms with van der Waals surface area (Å²) in [6.07, 6.45) is 6.42. The minimum Gasteiger partial charge on any atom is -0.394 e. The van der Waals surface area contributed by atoms with Crippen LogP contribution in [0.25, 0.3) is 0 Å². The Kier molecular flexibility index (Phi) is 4.17. The largest absolute Gasteiger partial charge is 0.394 e. The Morgan fingerprint density at radius 1 is 1.28 bits per heavy atom. The van der Waals surface area contributed by atoms with Crippen molar-refractivity contribution in [1.29, 1.82) is 0 Å². The van der Waals surface area contributed by atoms with Crippen molar-refractivity contribution >= 4 is 17.3 Å². The second-order valence-corrected chi connectivity index (χ2v) is 6.93. The molecule has 0 bridgehead atoms. The van der Waals surface area contributed by atoms with E-state index in [-0.39, 0.29) is 24.5 Å². The summed E-state index contributed by atoms with van der Waals surface area (Å²) in [7, 11) is 1.84. The lowest BCUT2D eigenvalue weighted by molar-refractivity contribution is -0.120. The van der Waals surface area contributed by atoms with Crippen LogP contribution >= 0.6 is 0 Å². The fraction of sp³-hybridized carbons (Fsp3) is 0.400. The van der Waals surface area contributed by atoms with Crippen LogP contribution in [0.3, 0.4) is 0 Å². The zero-order valence-electron chi connectivity index (χ0n) is 14.4. The normalized spacial score (nSPS) is 23.0. The molecule has 5 nitrogen and oxygen atoms in total. The van der Waals surface area contributed by atoms with Crippen LogP contribution in [0, 0.1) is 0 Å². The number of likely N-dealkylation sites (N-methyl/N-ethyl adjacent to an activating group) is 1. The van der Waals surface area contributed by atoms with Gasteiger partial charge in [0.2, 0.25) is 5.91 Å². The van der Waals surface area contributed by atoms with Gasteiger partial charge in [-0.05, 0) is 42.5 Å². The SMILES string of the molecule is CN1C(=O)C(c2cncc(N3CCC[C@@H]3CO)c2)Cc2ccccc21. The van der Waals surface area contributed by atoms with E-state index in [2.05, 4.69) is 22.0 Å². The minimum absolute atomic E-state index is 0.109. The van der Waals surface area contributed by atoms with Crippen LogP contribution in [0.15, 0.2) is 42.7 Å². The molecule has 2 atom stereocenters. The van der Waals surface area contributed by atoms with Crippen LogP contribution in [-0.2, 0) is 11.2 Å². The molecule has 1 N–H and O–H groups in total. The number of carbonyl (C=O) groups excluding carboxylic acids is 1. The molecule has 4 rings (SSSR count). The summed E-state index contributed by atoms with van der Waals surface area (Å²) in [6.45, 7) is 1.08. The Bertz CT molecular complexity index is 792. The summed E-state index contributed by atoms with van der Waals surface area (Å²) in [6, 6.07) is 10.3. The number of benzene rings is 1. The fourth-order valence-corrected chi connectivity index (χ4v) is 4.09. The Balaban J connectivity index is 1.66. The zero-order valence-corrected chi connectivity index (χ0v) is 14.4. The van der Waals surface area contributed by atoms with Crippen molar-refractivity contribution in [1.82, 2.24) is 4.98 Å². The smallest absolute Gasteiger partial charge is 0.234 e. The Labute approximate surface area is 147 Å². The van der Waals surface area contributed by atoms with Gasteiger partial charge in [0.1, 0.15) is 0 Å². The summed E-state index contributed by atoms with van der Waals surface area (Å²) < 4.78 is 0. The molecule has 0 aliphatic carbocycles. The van der Waals surface area contributed by atoms with E-state index in [4.69, 9.17) is 0 Å². The summed E-state index contributed by atoms with van der Waals surface area (Å²) >= 11 is 0. The maximum atomic E-state index is 12.9. The second kappa shape index (κ2) is 6.48. The van der Waals surface area contributed by atoms with Gasteiger partial charge in [0.05, 0.1) is 30.5 Å². The molecule has 1 unspecified atom stereocenters. The number of pyridine rings is 1. The molecule has 0 radical (unpaired) electrons. The van der Waals surface area contributed by atoms with Crippen LogP contribution in [-0.4, -0.2) is 42.2 Å². The van der Waals surface area contributed by atoms with Crippen molar-refractivity contribution in [3.8, 4) is 0 Å². The number of anilines is 2. The number of aliphatic hydroxyl groups excluding tert-OH is 1. The van der Waals surface area contributed by atoms with Gasteiger partial charge in [0.15, 0.2) is 0 Å². The second-order valence-electron chi connectivity index (χ2n) is 6.93. The quantitative estimate of drug-likeness (QED) is 0.934. The average Bonchev–Trinajstić information content (AvgIpc) is 3.13. The third kappa shape index (κ3) is 2.78. The third-order valence-electron chi connectivity index (χ3n) is 5.47. The van der Waals surface area contributed by atoms with Gasteiger partial charge in [-0.3, -0.25) is 9.78 Å². The Morgan fingerprint density at radius 2 is 2.12 bits per heavy atom. The monoisotopic (exact) mass is 337 g/mol. The predicted molar refractivity (Wildman–Crippen MR) is 98.0 cm³/mol. The van der Waals surface area contributed by atoms with Gasteiger partial charge in [-0.15, -0.1) is 0 Å². The van der Waals surface area contributed by atoms with E-state index in [0.29, 0.717) is 6.42 Å². The number of aliphatic hydroxyl groups is 1. The van der Waals surface area contributed by atoms with Crippen molar-refractivity contribution in [2.75, 3.05) is 30.0 Å². The molecule has 5 heteroatoms. The van der Waals surface area contributed by atoms with Crippen molar-refractivity contribution in [3.05, 3.63) is 53.9 Å². The number of fused-ring (bicyclic) bond motifs is 1. The van der Waals surface area contributed by atoms with Crippen LogP contribution < -0.4 is 9.80 Å². The van der Waals surface area contributed by atoms with Crippen molar-refractivity contribution < 1.29 is 9.90 Å². The number of para-hydroxylation sites is 1. The number of rotatable bonds is 3. The van der Waals surface area contributed by atoms with Gasteiger partial charge in [0.25, 0.3) is 0 Å². The molecule has 1 fully saturated rings. The van der Waals surface area contributed by atoms with Crippen molar-refractivity contribution in [3.63, 3.8) is 0 Å². The molecule has 2 aromatic rings. The first-order valence-corrected chi connectivity index (χ1v) is 8.87. The molecular weight excluding hydrogens is 314 g/mol. The van der Waals surface area contributed by atoms with Gasteiger partial charge >= 0.3 is 0 Å². The lowest BCUT2D eigenvalue weighted by Crippen LogP contribution is -2.37. The maximum absolute atomic E-state index is 12.9. The van der Waals surface area contributed by atoms with Gasteiger partial charge < -0.3 is 14.9 Å². The maximum Gasteiger partial charge on any atom is 0.234 e. The Hall–Kier alpha value is -2.40. The van der Waals surface area contributed by atoms with Gasteiger partial charge in [0, 0.05) is 25.5 Å². The highest BCUT2D eigenvalue weighted by atomic mass is 16.3. The van der Waals surface area contributed by atoms with Crippen molar-refractivity contribution in [2.45, 2.75) is 31.2 Å². The summed E-state index contributed by atoms with van der Waals surface area (Å²) in [5.41, 5.74) is 4.14. The number of carbonyl (C=O) groups is 1. The van der Waals surface area contributed by atoms with Gasteiger partial charge in [-0.1, -0.05) is 18.2 Å². The highest BCUT2D eigenvalue weighted by Crippen LogP contribution is 2.36. The molecule has 1 amide bonds. The lowest BCUT2D eigenvalue weighted by atomic mass is 9.87. The number of hydrogen-bond acceptors (Lipinski definition) is 4. The van der Waals surface area contributed by atoms with Gasteiger partial charge in [-0.25, -0.2) is 0 Å². The molecule has 0 spiro atoms. The Morgan fingerprint density at radius 3 is 2.96 bits per heavy atom. The van der Waals surface area contributed by atoms with E-state index >= 15 is 0 Å². The standard InChI is InChI=1S/C20H23N3O2/c1-22-19-7-3-2-5-14(19)10-18(20(22)25)15-9-17(12-21-11-15)23-8-4-6-16(23)13-24/h2-3,5,7,9,11-12,16,18,24H,4,6,8,10,13H2,1H3/t16-,18?/m1/s1. The number of aromatic nitrogens is 1. The highest BCUT2D eigenvalue weighted by molar-refractivity contribution is 6.00. The topological polar surface area (TPSA) is 56.7 Å². The first-order valence-electron chi connectivity index (χ1n) is 8.87. The summed E-state index contributed by atoms with van der Waals surface area (Å²) in [4.78, 5) is 21.2. The molecule has 2 aliphatic heterocycles. The number of hydrogen-bond donors (Lipinski definition) is 1. The fourth-order valence-electron chi connectivity index (χ4n) is 4.09. The van der Waals surface area contributed by atoms with E-state index in [1.165, 1.54) is 5.56 Å². The van der Waals surface area contributed by atoms with E-state index in [1.54, 1.807) is 11.1 Å². The van der Waals surface area contributed by atoms with Crippen LogP contribution in [0.1, 0.15) is 29.9 Å². The van der Waals surface area contributed by atoms with Crippen LogP contribution in [0.5, 0.6) is 0 Å². The molecular formula is C20H23N3O2. The summed E-state index contributed by atoms with van der Waals surface area (Å²) in [5.74, 6) is -0.0969. The third-order valence-corrected chi connectivity index (χ3v) is 5.47. The van der Waals surface area contributed by atoms with Crippen LogP contribution in [0.2, 0.25) is 0 Å². The van der Waals surface area contributed by atoms with E-state index in [0.717, 1.165) is 36.3 Å². The van der Waals surface area contributed by atoms with E-state index in [1.807, 2.05) is 31.4 Å². The highest BCUT2D eigenvalue weighted by Gasteiger charge is 2.32. The van der Waals surface area contributed by atoms with E-state index in [9.17, 15) is 9.90 Å². The molecule has 1 aromatic carbocycles. The minimum atomic E-state index is -0.206. The molecule has 130 valence electrons. The van der Waals surface area contributed by atoms with Gasteiger partial charge in [-0.2, -0.15) is 0 Å². The van der Waals surface area contributed by atoms with E-state index < -0.39 is 0 Å². The zero-order chi connectivity index (χ0) is 17.4. The molecule has 2 aliphatic rings. The van der Waals surface area contributed by atoms with Crippen molar-refractivity contribution in [2.24, 2.45) is 0 Å². The molecule has 0 saturated carbocycles. The summed E-state index contributed by atoms with van der Waals surface area (Å²) in [5, 5.41) is 9.58.